The number of rotatable bonds is 2. The van der Waals surface area contributed by atoms with Gasteiger partial charge in [0.1, 0.15) is 0 Å². The fourth-order valence-corrected chi connectivity index (χ4v) is 2.35. The van der Waals surface area contributed by atoms with Crippen LogP contribution in [0.2, 0.25) is 0 Å². The number of allylic oxidation sites excluding steroid dienone is 2. The lowest BCUT2D eigenvalue weighted by Gasteiger charge is -2.14. The van der Waals surface area contributed by atoms with Gasteiger partial charge in [-0.3, -0.25) is 4.79 Å². The molecule has 1 N–H and O–H groups in total. The number of carboxylic acids is 1. The average Bonchev–Trinajstić information content (AvgIpc) is 2.45. The fraction of sp³-hybridized carbons (Fsp3) is 0.667. The van der Waals surface area contributed by atoms with Crippen molar-refractivity contribution in [2.75, 3.05) is 0 Å². The Kier molecular flexibility index (Phi) is 1.48. The van der Waals surface area contributed by atoms with Gasteiger partial charge in [-0.15, -0.1) is 0 Å². The van der Waals surface area contributed by atoms with Crippen LogP contribution < -0.4 is 0 Å². The maximum Gasteiger partial charge on any atom is 0.303 e. The summed E-state index contributed by atoms with van der Waals surface area (Å²) >= 11 is 0. The van der Waals surface area contributed by atoms with Gasteiger partial charge in [-0.1, -0.05) is 12.2 Å². The molecule has 3 atom stereocenters. The van der Waals surface area contributed by atoms with E-state index in [4.69, 9.17) is 5.11 Å². The number of fused-ring (bicyclic) bond motifs is 2. The Hall–Kier alpha value is -0.790. The normalized spacial score (nSPS) is 39.8. The first kappa shape index (κ1) is 6.89. The first-order valence-corrected chi connectivity index (χ1v) is 4.16. The van der Waals surface area contributed by atoms with E-state index in [9.17, 15) is 4.79 Å². The van der Waals surface area contributed by atoms with E-state index < -0.39 is 5.97 Å². The molecule has 2 nitrogen and oxygen atoms in total. The second-order valence-electron chi connectivity index (χ2n) is 3.64. The highest BCUT2D eigenvalue weighted by Crippen LogP contribution is 2.44. The monoisotopic (exact) mass is 152 g/mol. The van der Waals surface area contributed by atoms with Crippen LogP contribution in [0.4, 0.5) is 0 Å². The Morgan fingerprint density at radius 1 is 1.45 bits per heavy atom. The molecule has 0 spiro atoms. The van der Waals surface area contributed by atoms with E-state index in [1.807, 2.05) is 0 Å². The number of carboxylic acid groups (broad SMARTS) is 1. The molecule has 2 bridgehead atoms. The highest BCUT2D eigenvalue weighted by Gasteiger charge is 2.36. The van der Waals surface area contributed by atoms with E-state index in [0.29, 0.717) is 24.2 Å². The third kappa shape index (κ3) is 1.17. The van der Waals surface area contributed by atoms with E-state index in [2.05, 4.69) is 12.2 Å². The van der Waals surface area contributed by atoms with Crippen molar-refractivity contribution in [3.8, 4) is 0 Å². The van der Waals surface area contributed by atoms with Gasteiger partial charge < -0.3 is 5.11 Å². The summed E-state index contributed by atoms with van der Waals surface area (Å²) in [5.74, 6) is 1.07. The lowest BCUT2D eigenvalue weighted by atomic mass is 9.91. The van der Waals surface area contributed by atoms with E-state index >= 15 is 0 Å². The smallest absolute Gasteiger partial charge is 0.303 e. The van der Waals surface area contributed by atoms with Crippen LogP contribution in [0.3, 0.4) is 0 Å². The maximum absolute atomic E-state index is 10.4. The van der Waals surface area contributed by atoms with Crippen LogP contribution in [0.1, 0.15) is 19.3 Å². The van der Waals surface area contributed by atoms with Crippen molar-refractivity contribution < 1.29 is 9.90 Å². The molecular weight excluding hydrogens is 140 g/mol. The van der Waals surface area contributed by atoms with E-state index in [-0.39, 0.29) is 0 Å². The van der Waals surface area contributed by atoms with Gasteiger partial charge in [0, 0.05) is 6.42 Å². The minimum absolute atomic E-state index is 0.367. The van der Waals surface area contributed by atoms with Gasteiger partial charge in [0.05, 0.1) is 0 Å². The minimum atomic E-state index is -0.643. The Morgan fingerprint density at radius 2 is 2.27 bits per heavy atom. The lowest BCUT2D eigenvalue weighted by molar-refractivity contribution is -0.138. The maximum atomic E-state index is 10.4. The molecule has 60 valence electrons. The molecule has 0 heterocycles. The largest absolute Gasteiger partial charge is 0.481 e. The third-order valence-corrected chi connectivity index (χ3v) is 2.85. The SMILES string of the molecule is O=C(O)CC1CC2C=CC1C2. The summed E-state index contributed by atoms with van der Waals surface area (Å²) in [5.41, 5.74) is 0. The first-order valence-electron chi connectivity index (χ1n) is 4.16. The van der Waals surface area contributed by atoms with Gasteiger partial charge in [0.2, 0.25) is 0 Å². The van der Waals surface area contributed by atoms with Crippen LogP contribution in [0, 0.1) is 17.8 Å². The molecule has 0 aliphatic heterocycles. The molecule has 2 aliphatic carbocycles. The molecule has 0 amide bonds. The summed E-state index contributed by atoms with van der Waals surface area (Å²) in [4.78, 5) is 10.4. The van der Waals surface area contributed by atoms with Gasteiger partial charge in [0.25, 0.3) is 0 Å². The first-order chi connectivity index (χ1) is 5.25. The van der Waals surface area contributed by atoms with Crippen LogP contribution in [-0.2, 0) is 4.79 Å². The van der Waals surface area contributed by atoms with Crippen LogP contribution in [0.15, 0.2) is 12.2 Å². The second-order valence-corrected chi connectivity index (χ2v) is 3.64. The summed E-state index contributed by atoms with van der Waals surface area (Å²) in [7, 11) is 0. The summed E-state index contributed by atoms with van der Waals surface area (Å²) < 4.78 is 0. The van der Waals surface area contributed by atoms with E-state index in [1.165, 1.54) is 6.42 Å². The summed E-state index contributed by atoms with van der Waals surface area (Å²) in [6.07, 6.45) is 7.11. The zero-order valence-corrected chi connectivity index (χ0v) is 6.36. The molecule has 0 saturated heterocycles. The van der Waals surface area contributed by atoms with Crippen molar-refractivity contribution in [1.29, 1.82) is 0 Å². The van der Waals surface area contributed by atoms with Crippen LogP contribution >= 0.6 is 0 Å². The number of hydrogen-bond acceptors (Lipinski definition) is 1. The Bertz CT molecular complexity index is 208. The van der Waals surface area contributed by atoms with Gasteiger partial charge in [0.15, 0.2) is 0 Å². The lowest BCUT2D eigenvalue weighted by Crippen LogP contribution is -2.11. The molecule has 2 heteroatoms. The molecule has 1 saturated carbocycles. The van der Waals surface area contributed by atoms with Crippen molar-refractivity contribution in [3.63, 3.8) is 0 Å². The van der Waals surface area contributed by atoms with Gasteiger partial charge in [-0.25, -0.2) is 0 Å². The standard InChI is InChI=1S/C9H12O2/c10-9(11)5-8-4-6-1-2-7(8)3-6/h1-2,6-8H,3-5H2,(H,10,11). The zero-order chi connectivity index (χ0) is 7.84. The number of aliphatic carboxylic acids is 1. The van der Waals surface area contributed by atoms with Crippen molar-refractivity contribution in [2.45, 2.75) is 19.3 Å². The summed E-state index contributed by atoms with van der Waals surface area (Å²) in [6.45, 7) is 0. The van der Waals surface area contributed by atoms with Gasteiger partial charge >= 0.3 is 5.97 Å². The quantitative estimate of drug-likeness (QED) is 0.611. The molecular formula is C9H12O2. The Balaban J connectivity index is 1.98. The molecule has 1 fully saturated rings. The molecule has 11 heavy (non-hydrogen) atoms. The predicted octanol–water partition coefficient (Wildman–Crippen LogP) is 1.67. The molecule has 2 rings (SSSR count). The van der Waals surface area contributed by atoms with Gasteiger partial charge in [-0.2, -0.15) is 0 Å². The highest BCUT2D eigenvalue weighted by atomic mass is 16.4. The van der Waals surface area contributed by atoms with Crippen LogP contribution in [0.25, 0.3) is 0 Å². The predicted molar refractivity (Wildman–Crippen MR) is 41.1 cm³/mol. The molecule has 0 aromatic carbocycles. The zero-order valence-electron chi connectivity index (χ0n) is 6.36. The van der Waals surface area contributed by atoms with Crippen molar-refractivity contribution in [1.82, 2.24) is 0 Å². The average molecular weight is 152 g/mol. The molecule has 0 radical (unpaired) electrons. The summed E-state index contributed by atoms with van der Waals surface area (Å²) in [6, 6.07) is 0. The molecule has 2 aliphatic rings. The molecule has 3 unspecified atom stereocenters. The second kappa shape index (κ2) is 2.36. The Morgan fingerprint density at radius 3 is 2.73 bits per heavy atom. The highest BCUT2D eigenvalue weighted by molar-refractivity contribution is 5.67. The van der Waals surface area contributed by atoms with E-state index in [0.717, 1.165) is 6.42 Å². The topological polar surface area (TPSA) is 37.3 Å². The van der Waals surface area contributed by atoms with E-state index in [1.54, 1.807) is 0 Å². The Labute approximate surface area is 65.9 Å². The minimum Gasteiger partial charge on any atom is -0.481 e. The molecule has 0 aromatic heterocycles. The van der Waals surface area contributed by atoms with Crippen LogP contribution in [-0.4, -0.2) is 11.1 Å². The van der Waals surface area contributed by atoms with Crippen molar-refractivity contribution >= 4 is 5.97 Å². The molecule has 0 aromatic rings. The van der Waals surface area contributed by atoms with Crippen molar-refractivity contribution in [2.24, 2.45) is 17.8 Å². The van der Waals surface area contributed by atoms with Gasteiger partial charge in [-0.05, 0) is 30.6 Å². The third-order valence-electron chi connectivity index (χ3n) is 2.85. The fourth-order valence-electron chi connectivity index (χ4n) is 2.35. The van der Waals surface area contributed by atoms with Crippen LogP contribution in [0.5, 0.6) is 0 Å². The number of hydrogen-bond donors (Lipinski definition) is 1. The number of carbonyl (C=O) groups is 1. The summed E-state index contributed by atoms with van der Waals surface area (Å²) in [5, 5.41) is 8.58. The van der Waals surface area contributed by atoms with Crippen molar-refractivity contribution in [3.05, 3.63) is 12.2 Å².